The summed E-state index contributed by atoms with van der Waals surface area (Å²) in [6.45, 7) is 5.15. The average molecular weight is 320 g/mol. The Labute approximate surface area is 136 Å². The zero-order chi connectivity index (χ0) is 15.8. The Hall–Kier alpha value is -1.69. The van der Waals surface area contributed by atoms with Gasteiger partial charge in [-0.15, -0.1) is 0 Å². The van der Waals surface area contributed by atoms with Gasteiger partial charge >= 0.3 is 0 Å². The lowest BCUT2D eigenvalue weighted by atomic mass is 10.1. The van der Waals surface area contributed by atoms with E-state index in [1.807, 2.05) is 43.0 Å². The first-order valence-electron chi connectivity index (χ1n) is 7.70. The van der Waals surface area contributed by atoms with E-state index in [0.717, 1.165) is 36.6 Å². The molecule has 0 radical (unpaired) electrons. The van der Waals surface area contributed by atoms with E-state index in [-0.39, 0.29) is 5.91 Å². The molecule has 3 N–H and O–H groups in total. The second kappa shape index (κ2) is 8.68. The van der Waals surface area contributed by atoms with Crippen LogP contribution in [0.15, 0.2) is 29.3 Å². The molecule has 5 nitrogen and oxygen atoms in total. The molecule has 1 fully saturated rings. The second-order valence-corrected chi connectivity index (χ2v) is 6.45. The van der Waals surface area contributed by atoms with Crippen molar-refractivity contribution in [3.63, 3.8) is 0 Å². The van der Waals surface area contributed by atoms with Crippen molar-refractivity contribution in [2.75, 3.05) is 31.1 Å². The van der Waals surface area contributed by atoms with E-state index in [4.69, 9.17) is 5.73 Å². The third-order valence-electron chi connectivity index (χ3n) is 3.48. The van der Waals surface area contributed by atoms with Crippen molar-refractivity contribution < 1.29 is 4.79 Å². The molecule has 0 aromatic heterocycles. The number of rotatable bonds is 5. The fraction of sp³-hybridized carbons (Fsp3) is 0.500. The summed E-state index contributed by atoms with van der Waals surface area (Å²) in [7, 11) is 0. The summed E-state index contributed by atoms with van der Waals surface area (Å²) in [5.41, 5.74) is 7.72. The predicted molar refractivity (Wildman–Crippen MR) is 93.3 cm³/mol. The van der Waals surface area contributed by atoms with E-state index in [2.05, 4.69) is 15.2 Å². The number of hydrogen-bond donors (Lipinski definition) is 2. The van der Waals surface area contributed by atoms with Gasteiger partial charge in [0.15, 0.2) is 5.96 Å². The normalized spacial score (nSPS) is 15.7. The summed E-state index contributed by atoms with van der Waals surface area (Å²) >= 11 is 1.95. The molecule has 1 aliphatic heterocycles. The largest absolute Gasteiger partial charge is 0.370 e. The second-order valence-electron chi connectivity index (χ2n) is 5.23. The lowest BCUT2D eigenvalue weighted by Crippen LogP contribution is -2.42. The van der Waals surface area contributed by atoms with Gasteiger partial charge < -0.3 is 16.0 Å². The summed E-state index contributed by atoms with van der Waals surface area (Å²) in [6.07, 6.45) is 0.931. The molecule has 0 aliphatic carbocycles. The maximum Gasteiger partial charge on any atom is 0.251 e. The van der Waals surface area contributed by atoms with E-state index in [1.165, 1.54) is 0 Å². The highest BCUT2D eigenvalue weighted by molar-refractivity contribution is 7.99. The minimum absolute atomic E-state index is 0.0336. The fourth-order valence-electron chi connectivity index (χ4n) is 2.22. The number of nitrogens with zero attached hydrogens (tertiary/aromatic N) is 2. The maximum atomic E-state index is 12.0. The van der Waals surface area contributed by atoms with Crippen LogP contribution in [0.3, 0.4) is 0 Å². The molecule has 1 saturated heterocycles. The quantitative estimate of drug-likeness (QED) is 0.640. The van der Waals surface area contributed by atoms with E-state index in [1.54, 1.807) is 0 Å². The fourth-order valence-corrected chi connectivity index (χ4v) is 3.12. The van der Waals surface area contributed by atoms with Crippen molar-refractivity contribution in [2.45, 2.75) is 19.9 Å². The topological polar surface area (TPSA) is 70.7 Å². The van der Waals surface area contributed by atoms with Crippen LogP contribution in [0.5, 0.6) is 0 Å². The minimum Gasteiger partial charge on any atom is -0.370 e. The first-order chi connectivity index (χ1) is 10.7. The van der Waals surface area contributed by atoms with Gasteiger partial charge in [0, 0.05) is 36.7 Å². The van der Waals surface area contributed by atoms with Gasteiger partial charge in [0.25, 0.3) is 5.91 Å². The highest BCUT2D eigenvalue weighted by Crippen LogP contribution is 2.10. The van der Waals surface area contributed by atoms with E-state index >= 15 is 0 Å². The lowest BCUT2D eigenvalue weighted by molar-refractivity contribution is 0.0953. The van der Waals surface area contributed by atoms with Crippen molar-refractivity contribution in [3.8, 4) is 0 Å². The van der Waals surface area contributed by atoms with Crippen LogP contribution in [0.25, 0.3) is 0 Å². The zero-order valence-electron chi connectivity index (χ0n) is 13.0. The summed E-state index contributed by atoms with van der Waals surface area (Å²) in [6, 6.07) is 7.57. The molecule has 0 unspecified atom stereocenters. The number of amides is 1. The van der Waals surface area contributed by atoms with Crippen molar-refractivity contribution in [1.29, 1.82) is 0 Å². The highest BCUT2D eigenvalue weighted by atomic mass is 32.2. The minimum atomic E-state index is -0.0336. The molecule has 1 amide bonds. The Bertz CT molecular complexity index is 527. The van der Waals surface area contributed by atoms with E-state index < -0.39 is 0 Å². The number of guanidine groups is 1. The summed E-state index contributed by atoms with van der Waals surface area (Å²) < 4.78 is 0. The van der Waals surface area contributed by atoms with Crippen LogP contribution >= 0.6 is 11.8 Å². The van der Waals surface area contributed by atoms with Gasteiger partial charge in [-0.05, 0) is 24.1 Å². The van der Waals surface area contributed by atoms with Crippen molar-refractivity contribution >= 4 is 23.6 Å². The molecule has 6 heteroatoms. The van der Waals surface area contributed by atoms with Crippen molar-refractivity contribution in [3.05, 3.63) is 35.4 Å². The van der Waals surface area contributed by atoms with Crippen LogP contribution in [0.4, 0.5) is 0 Å². The SMILES string of the molecule is CCCNC(=O)c1cccc(CN=C(N)N2CCSCC2)c1. The zero-order valence-corrected chi connectivity index (χ0v) is 13.9. The van der Waals surface area contributed by atoms with Gasteiger partial charge in [0.05, 0.1) is 6.54 Å². The number of thioether (sulfide) groups is 1. The molecule has 120 valence electrons. The Morgan fingerprint density at radius 2 is 2.18 bits per heavy atom. The summed E-state index contributed by atoms with van der Waals surface area (Å²) in [5.74, 6) is 2.77. The Balaban J connectivity index is 1.96. The average Bonchev–Trinajstić information content (AvgIpc) is 2.58. The number of hydrogen-bond acceptors (Lipinski definition) is 3. The van der Waals surface area contributed by atoms with Gasteiger partial charge in [0.1, 0.15) is 0 Å². The van der Waals surface area contributed by atoms with Crippen molar-refractivity contribution in [1.82, 2.24) is 10.2 Å². The molecule has 0 bridgehead atoms. The molecule has 1 aliphatic rings. The molecule has 0 spiro atoms. The number of carbonyl (C=O) groups excluding carboxylic acids is 1. The van der Waals surface area contributed by atoms with Gasteiger partial charge in [0.2, 0.25) is 0 Å². The molecule has 1 heterocycles. The Morgan fingerprint density at radius 3 is 2.91 bits per heavy atom. The van der Waals surface area contributed by atoms with Crippen LogP contribution in [0.1, 0.15) is 29.3 Å². The summed E-state index contributed by atoms with van der Waals surface area (Å²) in [5, 5.41) is 2.88. The van der Waals surface area contributed by atoms with E-state index in [0.29, 0.717) is 24.6 Å². The molecule has 1 aromatic rings. The summed E-state index contributed by atoms with van der Waals surface area (Å²) in [4.78, 5) is 18.5. The number of aliphatic imine (C=N–C) groups is 1. The molecule has 22 heavy (non-hydrogen) atoms. The highest BCUT2D eigenvalue weighted by Gasteiger charge is 2.12. The predicted octanol–water partition coefficient (Wildman–Crippen LogP) is 1.69. The smallest absolute Gasteiger partial charge is 0.251 e. The molecular formula is C16H24N4OS. The maximum absolute atomic E-state index is 12.0. The first-order valence-corrected chi connectivity index (χ1v) is 8.86. The first kappa shape index (κ1) is 16.7. The van der Waals surface area contributed by atoms with Crippen LogP contribution in [-0.2, 0) is 6.54 Å². The Kier molecular flexibility index (Phi) is 6.58. The number of nitrogens with two attached hydrogens (primary N) is 1. The third-order valence-corrected chi connectivity index (χ3v) is 4.43. The number of benzene rings is 1. The van der Waals surface area contributed by atoms with Crippen LogP contribution in [0, 0.1) is 0 Å². The third kappa shape index (κ3) is 4.94. The van der Waals surface area contributed by atoms with Gasteiger partial charge in [-0.1, -0.05) is 19.1 Å². The van der Waals surface area contributed by atoms with E-state index in [9.17, 15) is 4.79 Å². The van der Waals surface area contributed by atoms with Gasteiger partial charge in [-0.2, -0.15) is 11.8 Å². The molecule has 2 rings (SSSR count). The Morgan fingerprint density at radius 1 is 1.41 bits per heavy atom. The number of nitrogens with one attached hydrogen (secondary N) is 1. The molecular weight excluding hydrogens is 296 g/mol. The van der Waals surface area contributed by atoms with Crippen LogP contribution in [-0.4, -0.2) is 47.9 Å². The lowest BCUT2D eigenvalue weighted by Gasteiger charge is -2.27. The molecule has 1 aromatic carbocycles. The van der Waals surface area contributed by atoms with Crippen molar-refractivity contribution in [2.24, 2.45) is 10.7 Å². The van der Waals surface area contributed by atoms with Crippen LogP contribution < -0.4 is 11.1 Å². The van der Waals surface area contributed by atoms with Crippen LogP contribution in [0.2, 0.25) is 0 Å². The molecule has 0 saturated carbocycles. The monoisotopic (exact) mass is 320 g/mol. The van der Waals surface area contributed by atoms with Gasteiger partial charge in [-0.25, -0.2) is 4.99 Å². The number of carbonyl (C=O) groups is 1. The van der Waals surface area contributed by atoms with Gasteiger partial charge in [-0.3, -0.25) is 4.79 Å². The standard InChI is InChI=1S/C16H24N4OS/c1-2-6-18-15(21)14-5-3-4-13(11-14)12-19-16(17)20-7-9-22-10-8-20/h3-5,11H,2,6-10,12H2,1H3,(H2,17,19)(H,18,21). The molecule has 0 atom stereocenters.